The van der Waals surface area contributed by atoms with Gasteiger partial charge in [0.15, 0.2) is 0 Å². The molecule has 1 amide bonds. The third kappa shape index (κ3) is 4.08. The number of hydrogen-bond donors (Lipinski definition) is 2. The number of nitrogens with one attached hydrogen (secondary N) is 1. The molecule has 5 nitrogen and oxygen atoms in total. The van der Waals surface area contributed by atoms with E-state index in [-0.39, 0.29) is 13.0 Å². The van der Waals surface area contributed by atoms with Crippen molar-refractivity contribution in [3.05, 3.63) is 0 Å². The number of aliphatic carboxylic acids is 1. The van der Waals surface area contributed by atoms with Crippen molar-refractivity contribution < 1.29 is 20.8 Å². The molecule has 0 radical (unpaired) electrons. The van der Waals surface area contributed by atoms with Crippen molar-refractivity contribution in [3.63, 3.8) is 0 Å². The first kappa shape index (κ1) is 11.2. The number of carboxylic acids is 1. The molecule has 0 aromatic rings. The first-order valence-electron chi connectivity index (χ1n) is 6.13. The molecule has 0 aromatic heterocycles. The molecule has 0 heterocycles. The van der Waals surface area contributed by atoms with E-state index in [0.29, 0.717) is 12.8 Å². The highest BCUT2D eigenvalue weighted by molar-refractivity contribution is 5.79. The van der Waals surface area contributed by atoms with Crippen LogP contribution in [0.1, 0.15) is 40.4 Å². The number of carbonyl (C=O) groups excluding carboxylic acids is 1. The van der Waals surface area contributed by atoms with E-state index in [1.807, 2.05) is 0 Å². The van der Waals surface area contributed by atoms with E-state index in [0.717, 1.165) is 12.8 Å². The Morgan fingerprint density at radius 1 is 1.56 bits per heavy atom. The van der Waals surface area contributed by atoms with Gasteiger partial charge in [-0.1, -0.05) is 25.7 Å². The van der Waals surface area contributed by atoms with Crippen LogP contribution in [-0.4, -0.2) is 29.8 Å². The van der Waals surface area contributed by atoms with Crippen LogP contribution in [0.3, 0.4) is 0 Å². The first-order valence-corrected chi connectivity index (χ1v) is 5.63. The summed E-state index contributed by atoms with van der Waals surface area (Å²) in [4.78, 5) is 22.2. The maximum absolute atomic E-state index is 11.2. The van der Waals surface area contributed by atoms with Gasteiger partial charge in [0.05, 0.1) is 6.61 Å². The Morgan fingerprint density at radius 2 is 2.19 bits per heavy atom. The maximum atomic E-state index is 11.2. The van der Waals surface area contributed by atoms with E-state index in [1.165, 1.54) is 0 Å². The van der Waals surface area contributed by atoms with Crippen LogP contribution in [0, 0.1) is 5.89 Å². The molecule has 1 aliphatic carbocycles. The Bertz CT molecular complexity index is 289. The van der Waals surface area contributed by atoms with Crippen LogP contribution in [0.5, 0.6) is 0 Å². The topological polar surface area (TPSA) is 75.6 Å². The summed E-state index contributed by atoms with van der Waals surface area (Å²) in [5.41, 5.74) is 0. The molecule has 92 valence electrons. The van der Waals surface area contributed by atoms with Crippen molar-refractivity contribution in [1.82, 2.24) is 5.32 Å². The Morgan fingerprint density at radius 3 is 2.69 bits per heavy atom. The molecule has 1 saturated carbocycles. The largest absolute Gasteiger partial charge is 0.480 e. The average molecular weight is 230 g/mol. The van der Waals surface area contributed by atoms with Crippen molar-refractivity contribution in [1.29, 1.82) is 0 Å². The van der Waals surface area contributed by atoms with Crippen LogP contribution in [-0.2, 0) is 9.53 Å². The van der Waals surface area contributed by atoms with Gasteiger partial charge in [0.25, 0.3) is 0 Å². The lowest BCUT2D eigenvalue weighted by atomic mass is 9.98. The number of hydrogen-bond acceptors (Lipinski definition) is 3. The zero-order valence-electron chi connectivity index (χ0n) is 10.5. The molecule has 0 bridgehead atoms. The van der Waals surface area contributed by atoms with Crippen LogP contribution in [0.15, 0.2) is 0 Å². The van der Waals surface area contributed by atoms with Crippen molar-refractivity contribution >= 4 is 12.1 Å². The Balaban J connectivity index is 2.54. The van der Waals surface area contributed by atoms with Crippen LogP contribution >= 0.6 is 0 Å². The van der Waals surface area contributed by atoms with E-state index in [4.69, 9.17) is 6.48 Å². The molecule has 1 fully saturated rings. The van der Waals surface area contributed by atoms with Crippen LogP contribution in [0.25, 0.3) is 0 Å². The van der Waals surface area contributed by atoms with Gasteiger partial charge in [-0.25, -0.2) is 9.59 Å². The second-order valence-electron chi connectivity index (χ2n) is 3.92. The molecule has 0 aliphatic heterocycles. The van der Waals surface area contributed by atoms with Gasteiger partial charge in [-0.2, -0.15) is 0 Å². The molecule has 0 spiro atoms. The van der Waals surface area contributed by atoms with Gasteiger partial charge in [0.2, 0.25) is 0 Å². The van der Waals surface area contributed by atoms with Crippen molar-refractivity contribution in [2.24, 2.45) is 5.89 Å². The standard InChI is InChI=1S/C11H19NO4/c1-2-16-11(15)12-9(10(13)14)7-8-5-3-4-6-8/h8-9H,2-7H2,1H3,(H,12,15)(H,13,14)/t9-/m0/s1/i8D. The minimum atomic E-state index is -1.11. The normalized spacial score (nSPS) is 20.9. The van der Waals surface area contributed by atoms with Gasteiger partial charge < -0.3 is 15.2 Å². The molecule has 0 saturated heterocycles. The number of amides is 1. The lowest BCUT2D eigenvalue weighted by Gasteiger charge is -2.17. The highest BCUT2D eigenvalue weighted by Crippen LogP contribution is 2.28. The van der Waals surface area contributed by atoms with Gasteiger partial charge in [-0.15, -0.1) is 0 Å². The molecule has 1 rings (SSSR count). The van der Waals surface area contributed by atoms with E-state index >= 15 is 0 Å². The minimum Gasteiger partial charge on any atom is -0.480 e. The Hall–Kier alpha value is -1.26. The minimum absolute atomic E-state index is 0.140. The SMILES string of the molecule is [2H]C1(C[C@H](NC(=O)OCC)C(=O)O)CCCC1. The fraction of sp³-hybridized carbons (Fsp3) is 0.818. The number of ether oxygens (including phenoxy) is 1. The molecule has 0 aromatic carbocycles. The third-order valence-electron chi connectivity index (χ3n) is 2.67. The predicted octanol–water partition coefficient (Wildman–Crippen LogP) is 1.77. The van der Waals surface area contributed by atoms with E-state index in [9.17, 15) is 9.59 Å². The van der Waals surface area contributed by atoms with Crippen LogP contribution in [0.2, 0.25) is 0 Å². The zero-order valence-corrected chi connectivity index (χ0v) is 9.49. The van der Waals surface area contributed by atoms with E-state index in [2.05, 4.69) is 10.1 Å². The summed E-state index contributed by atoms with van der Waals surface area (Å²) < 4.78 is 12.7. The smallest absolute Gasteiger partial charge is 0.407 e. The van der Waals surface area contributed by atoms with Gasteiger partial charge in [-0.05, 0) is 19.2 Å². The second kappa shape index (κ2) is 6.35. The van der Waals surface area contributed by atoms with E-state index in [1.54, 1.807) is 6.92 Å². The van der Waals surface area contributed by atoms with E-state index < -0.39 is 24.0 Å². The molecule has 1 aliphatic rings. The number of rotatable bonds is 5. The van der Waals surface area contributed by atoms with Crippen LogP contribution < -0.4 is 5.32 Å². The molecule has 2 N–H and O–H groups in total. The third-order valence-corrected chi connectivity index (χ3v) is 2.67. The quantitative estimate of drug-likeness (QED) is 0.754. The predicted molar refractivity (Wildman–Crippen MR) is 58.2 cm³/mol. The van der Waals surface area contributed by atoms with Crippen molar-refractivity contribution in [2.75, 3.05) is 6.61 Å². The fourth-order valence-corrected chi connectivity index (χ4v) is 1.88. The molecule has 1 atom stereocenters. The monoisotopic (exact) mass is 230 g/mol. The maximum Gasteiger partial charge on any atom is 0.407 e. The van der Waals surface area contributed by atoms with Crippen LogP contribution in [0.4, 0.5) is 4.79 Å². The molecule has 16 heavy (non-hydrogen) atoms. The molecular weight excluding hydrogens is 210 g/mol. The van der Waals surface area contributed by atoms with Gasteiger partial charge >= 0.3 is 12.1 Å². The molecule has 0 unspecified atom stereocenters. The fourth-order valence-electron chi connectivity index (χ4n) is 1.88. The highest BCUT2D eigenvalue weighted by Gasteiger charge is 2.26. The lowest BCUT2D eigenvalue weighted by Crippen LogP contribution is -2.42. The first-order chi connectivity index (χ1) is 7.97. The van der Waals surface area contributed by atoms with Gasteiger partial charge in [0, 0.05) is 1.37 Å². The summed E-state index contributed by atoms with van der Waals surface area (Å²) >= 11 is 0. The molecular formula is C11H19NO4. The summed E-state index contributed by atoms with van der Waals surface area (Å²) in [6.45, 7) is 1.85. The summed E-state index contributed by atoms with van der Waals surface area (Å²) in [5.74, 6) is -1.83. The number of alkyl carbamates (subject to hydrolysis) is 1. The summed E-state index contributed by atoms with van der Waals surface area (Å²) in [7, 11) is 0. The number of carbonyl (C=O) groups is 2. The molecule has 5 heteroatoms. The van der Waals surface area contributed by atoms with Crippen molar-refractivity contribution in [3.8, 4) is 0 Å². The second-order valence-corrected chi connectivity index (χ2v) is 3.92. The summed E-state index contributed by atoms with van der Waals surface area (Å²) in [6, 6.07) is -1.04. The lowest BCUT2D eigenvalue weighted by molar-refractivity contribution is -0.139. The zero-order chi connectivity index (χ0) is 12.9. The number of carboxylic acid groups (broad SMARTS) is 1. The highest BCUT2D eigenvalue weighted by atomic mass is 16.5. The van der Waals surface area contributed by atoms with Crippen molar-refractivity contribution in [2.45, 2.75) is 45.1 Å². The Kier molecular flexibility index (Phi) is 4.46. The average Bonchev–Trinajstić information content (AvgIpc) is 2.64. The summed E-state index contributed by atoms with van der Waals surface area (Å²) in [6.07, 6.45) is 2.70. The Labute approximate surface area is 96.6 Å². The van der Waals surface area contributed by atoms with Gasteiger partial charge in [-0.3, -0.25) is 0 Å². The summed E-state index contributed by atoms with van der Waals surface area (Å²) in [5, 5.41) is 11.3. The van der Waals surface area contributed by atoms with Gasteiger partial charge in [0.1, 0.15) is 6.04 Å².